The Hall–Kier alpha value is -2.14. The van der Waals surface area contributed by atoms with Crippen LogP contribution in [0, 0.1) is 0 Å². The lowest BCUT2D eigenvalue weighted by atomic mass is 10.1. The van der Waals surface area contributed by atoms with Gasteiger partial charge in [0.25, 0.3) is 0 Å². The lowest BCUT2D eigenvalue weighted by Crippen LogP contribution is -2.31. The molecule has 5 heteroatoms. The monoisotopic (exact) mass is 296 g/mol. The minimum atomic E-state index is -0.169. The summed E-state index contributed by atoms with van der Waals surface area (Å²) in [4.78, 5) is 17.5. The van der Waals surface area contributed by atoms with Crippen molar-refractivity contribution >= 4 is 16.4 Å². The maximum absolute atomic E-state index is 12.1. The smallest absolute Gasteiger partial charge is 0.305 e. The highest BCUT2D eigenvalue weighted by molar-refractivity contribution is 5.93. The number of hydrogen-bond acceptors (Lipinski definition) is 3. The number of likely N-dealkylation sites (tertiary alicyclic amines) is 1. The standard InChI is InChI=1S/C17H20N4O/c22-17-18-15-7-3-2-6-14(15)16-12-13(19-21(16)17)8-11-20-9-4-1-5-10-20/h2-3,6-7,12H,1,4-5,8-11H2,(H,18,22). The number of para-hydroxylation sites is 1. The van der Waals surface area contributed by atoms with Crippen LogP contribution in [-0.4, -0.2) is 39.1 Å². The number of benzene rings is 1. The fourth-order valence-corrected chi connectivity index (χ4v) is 3.34. The van der Waals surface area contributed by atoms with E-state index in [1.807, 2.05) is 24.3 Å². The zero-order chi connectivity index (χ0) is 14.9. The van der Waals surface area contributed by atoms with Crippen molar-refractivity contribution in [2.75, 3.05) is 19.6 Å². The number of H-pyrrole nitrogens is 1. The minimum absolute atomic E-state index is 0.169. The molecule has 0 atom stereocenters. The van der Waals surface area contributed by atoms with Crippen molar-refractivity contribution in [3.05, 3.63) is 46.5 Å². The summed E-state index contributed by atoms with van der Waals surface area (Å²) in [6, 6.07) is 9.93. The lowest BCUT2D eigenvalue weighted by molar-refractivity contribution is 0.231. The molecule has 0 radical (unpaired) electrons. The Balaban J connectivity index is 1.66. The van der Waals surface area contributed by atoms with E-state index < -0.39 is 0 Å². The summed E-state index contributed by atoms with van der Waals surface area (Å²) in [6.45, 7) is 3.41. The van der Waals surface area contributed by atoms with Gasteiger partial charge in [-0.2, -0.15) is 9.61 Å². The van der Waals surface area contributed by atoms with E-state index in [4.69, 9.17) is 0 Å². The van der Waals surface area contributed by atoms with Crippen LogP contribution in [0.2, 0.25) is 0 Å². The summed E-state index contributed by atoms with van der Waals surface area (Å²) >= 11 is 0. The third-order valence-electron chi connectivity index (χ3n) is 4.53. The molecule has 22 heavy (non-hydrogen) atoms. The van der Waals surface area contributed by atoms with Gasteiger partial charge < -0.3 is 9.88 Å². The third kappa shape index (κ3) is 2.41. The largest absolute Gasteiger partial charge is 0.347 e. The fourth-order valence-electron chi connectivity index (χ4n) is 3.34. The molecule has 1 N–H and O–H groups in total. The lowest BCUT2D eigenvalue weighted by Gasteiger charge is -2.25. The van der Waals surface area contributed by atoms with Gasteiger partial charge in [0, 0.05) is 18.4 Å². The van der Waals surface area contributed by atoms with E-state index in [1.54, 1.807) is 0 Å². The van der Waals surface area contributed by atoms with Gasteiger partial charge in [-0.1, -0.05) is 24.6 Å². The Morgan fingerprint density at radius 1 is 1.14 bits per heavy atom. The molecule has 5 nitrogen and oxygen atoms in total. The Morgan fingerprint density at radius 2 is 1.95 bits per heavy atom. The quantitative estimate of drug-likeness (QED) is 0.806. The highest BCUT2D eigenvalue weighted by Crippen LogP contribution is 2.17. The molecule has 114 valence electrons. The van der Waals surface area contributed by atoms with Gasteiger partial charge in [-0.15, -0.1) is 0 Å². The molecule has 0 unspecified atom stereocenters. The molecule has 3 heterocycles. The first-order valence-corrected chi connectivity index (χ1v) is 8.03. The van der Waals surface area contributed by atoms with Crippen LogP contribution < -0.4 is 5.69 Å². The summed E-state index contributed by atoms with van der Waals surface area (Å²) in [5.74, 6) is 0. The van der Waals surface area contributed by atoms with Crippen molar-refractivity contribution in [3.63, 3.8) is 0 Å². The SMILES string of the molecule is O=c1[nH]c2ccccc2c2cc(CCN3CCCCC3)nn12. The predicted octanol–water partition coefficient (Wildman–Crippen LogP) is 2.20. The summed E-state index contributed by atoms with van der Waals surface area (Å²) in [5, 5.41) is 5.53. The first-order valence-electron chi connectivity index (χ1n) is 8.03. The fraction of sp³-hybridized carbons (Fsp3) is 0.412. The molecule has 0 saturated carbocycles. The average Bonchev–Trinajstić information content (AvgIpc) is 2.99. The Morgan fingerprint density at radius 3 is 2.82 bits per heavy atom. The van der Waals surface area contributed by atoms with E-state index in [1.165, 1.54) is 36.9 Å². The zero-order valence-electron chi connectivity index (χ0n) is 12.6. The van der Waals surface area contributed by atoms with Gasteiger partial charge in [-0.3, -0.25) is 0 Å². The molecule has 1 aliphatic rings. The van der Waals surface area contributed by atoms with E-state index in [-0.39, 0.29) is 5.69 Å². The number of aromatic nitrogens is 3. The van der Waals surface area contributed by atoms with Crippen LogP contribution in [0.25, 0.3) is 16.4 Å². The number of nitrogens with one attached hydrogen (secondary N) is 1. The van der Waals surface area contributed by atoms with Gasteiger partial charge in [0.15, 0.2) is 0 Å². The van der Waals surface area contributed by atoms with Gasteiger partial charge in [0.1, 0.15) is 0 Å². The van der Waals surface area contributed by atoms with E-state index in [9.17, 15) is 4.79 Å². The van der Waals surface area contributed by atoms with Crippen LogP contribution in [-0.2, 0) is 6.42 Å². The molecule has 4 rings (SSSR count). The van der Waals surface area contributed by atoms with Crippen molar-refractivity contribution in [1.82, 2.24) is 19.5 Å². The molecule has 3 aromatic rings. The molecular weight excluding hydrogens is 276 g/mol. The second-order valence-corrected chi connectivity index (χ2v) is 6.06. The van der Waals surface area contributed by atoms with Crippen LogP contribution in [0.3, 0.4) is 0 Å². The van der Waals surface area contributed by atoms with Gasteiger partial charge in [0.2, 0.25) is 0 Å². The normalized spacial score (nSPS) is 16.5. The highest BCUT2D eigenvalue weighted by atomic mass is 16.1. The van der Waals surface area contributed by atoms with Crippen LogP contribution in [0.15, 0.2) is 35.1 Å². The number of nitrogens with zero attached hydrogens (tertiary/aromatic N) is 3. The third-order valence-corrected chi connectivity index (χ3v) is 4.53. The Bertz CT molecular complexity index is 858. The molecule has 0 aliphatic carbocycles. The highest BCUT2D eigenvalue weighted by Gasteiger charge is 2.12. The van der Waals surface area contributed by atoms with Crippen molar-refractivity contribution in [2.24, 2.45) is 0 Å². The molecule has 0 amide bonds. The summed E-state index contributed by atoms with van der Waals surface area (Å²) in [5.41, 5.74) is 2.58. The number of hydrogen-bond donors (Lipinski definition) is 1. The number of aromatic amines is 1. The van der Waals surface area contributed by atoms with E-state index in [0.717, 1.165) is 35.1 Å². The minimum Gasteiger partial charge on any atom is -0.305 e. The topological polar surface area (TPSA) is 53.4 Å². The second kappa shape index (κ2) is 5.57. The molecule has 1 aliphatic heterocycles. The maximum Gasteiger partial charge on any atom is 0.347 e. The van der Waals surface area contributed by atoms with Crippen molar-refractivity contribution in [2.45, 2.75) is 25.7 Å². The molecule has 0 bridgehead atoms. The number of rotatable bonds is 3. The van der Waals surface area contributed by atoms with Crippen LogP contribution in [0.4, 0.5) is 0 Å². The molecule has 1 aromatic carbocycles. The Labute approximate surface area is 128 Å². The average molecular weight is 296 g/mol. The molecule has 1 saturated heterocycles. The molecule has 1 fully saturated rings. The van der Waals surface area contributed by atoms with Gasteiger partial charge in [-0.25, -0.2) is 4.79 Å². The first kappa shape index (κ1) is 13.5. The first-order chi connectivity index (χ1) is 10.8. The van der Waals surface area contributed by atoms with Crippen LogP contribution in [0.5, 0.6) is 0 Å². The van der Waals surface area contributed by atoms with Crippen LogP contribution in [0.1, 0.15) is 25.0 Å². The van der Waals surface area contributed by atoms with Crippen molar-refractivity contribution in [1.29, 1.82) is 0 Å². The van der Waals surface area contributed by atoms with Crippen molar-refractivity contribution < 1.29 is 0 Å². The molecular formula is C17H20N4O. The van der Waals surface area contributed by atoms with Gasteiger partial charge in [0.05, 0.1) is 16.7 Å². The van der Waals surface area contributed by atoms with Crippen molar-refractivity contribution in [3.8, 4) is 0 Å². The maximum atomic E-state index is 12.1. The van der Waals surface area contributed by atoms with Gasteiger partial charge >= 0.3 is 5.69 Å². The summed E-state index contributed by atoms with van der Waals surface area (Å²) < 4.78 is 1.49. The van der Waals surface area contributed by atoms with Gasteiger partial charge in [-0.05, 0) is 38.1 Å². The summed E-state index contributed by atoms with van der Waals surface area (Å²) in [6.07, 6.45) is 4.85. The molecule has 2 aromatic heterocycles. The summed E-state index contributed by atoms with van der Waals surface area (Å²) in [7, 11) is 0. The number of piperidine rings is 1. The zero-order valence-corrected chi connectivity index (χ0v) is 12.6. The molecule has 0 spiro atoms. The van der Waals surface area contributed by atoms with E-state index in [2.05, 4.69) is 21.0 Å². The predicted molar refractivity (Wildman–Crippen MR) is 87.3 cm³/mol. The van der Waals surface area contributed by atoms with Crippen LogP contribution >= 0.6 is 0 Å². The van der Waals surface area contributed by atoms with E-state index >= 15 is 0 Å². The number of fused-ring (bicyclic) bond motifs is 3. The Kier molecular flexibility index (Phi) is 3.42. The van der Waals surface area contributed by atoms with E-state index in [0.29, 0.717) is 0 Å². The second-order valence-electron chi connectivity index (χ2n) is 6.06.